The van der Waals surface area contributed by atoms with E-state index in [1.54, 1.807) is 0 Å². The summed E-state index contributed by atoms with van der Waals surface area (Å²) in [6.07, 6.45) is 21.0. The molecule has 4 rings (SSSR count). The van der Waals surface area contributed by atoms with E-state index in [-0.39, 0.29) is 0 Å². The van der Waals surface area contributed by atoms with Gasteiger partial charge in [-0.05, 0) is 63.2 Å². The largest absolute Gasteiger partial charge is 0.374 e. The van der Waals surface area contributed by atoms with Crippen LogP contribution in [0.4, 0.5) is 0 Å². The Bertz CT molecular complexity index is 316. The summed E-state index contributed by atoms with van der Waals surface area (Å²) in [7, 11) is 0. The minimum Gasteiger partial charge on any atom is -0.374 e. The van der Waals surface area contributed by atoms with Gasteiger partial charge in [-0.15, -0.1) is 0 Å². The lowest BCUT2D eigenvalue weighted by Gasteiger charge is -2.41. The summed E-state index contributed by atoms with van der Waals surface area (Å²) in [5, 5.41) is 3.77. The Morgan fingerprint density at radius 2 is 1.14 bits per heavy atom. The maximum Gasteiger partial charge on any atom is 0.0635 e. The van der Waals surface area contributed by atoms with Crippen molar-refractivity contribution in [3.8, 4) is 0 Å². The number of nitrogens with one attached hydrogen (secondary N) is 1. The molecule has 0 aromatic rings. The standard InChI is InChI=1S/C20H35NO/c1-3-7-15(8-4-1)20(16-9-5-2-6-10-16)22-19-13-17-11-12-18(14-19)21-17/h15-21H,1-14H2/t17-,18?,19?/m1/s1. The van der Waals surface area contributed by atoms with E-state index < -0.39 is 0 Å². The third kappa shape index (κ3) is 3.53. The molecule has 2 unspecified atom stereocenters. The van der Waals surface area contributed by atoms with Gasteiger partial charge in [0.05, 0.1) is 12.2 Å². The highest BCUT2D eigenvalue weighted by molar-refractivity contribution is 4.94. The quantitative estimate of drug-likeness (QED) is 0.804. The Morgan fingerprint density at radius 3 is 1.64 bits per heavy atom. The van der Waals surface area contributed by atoms with Crippen molar-refractivity contribution in [3.63, 3.8) is 0 Å². The first-order valence-corrected chi connectivity index (χ1v) is 10.3. The SMILES string of the molecule is C1CCC(C(OC2CC3CC[C@H](C2)N3)C2CCCCC2)CC1. The van der Waals surface area contributed by atoms with Crippen molar-refractivity contribution in [1.29, 1.82) is 0 Å². The highest BCUT2D eigenvalue weighted by Crippen LogP contribution is 2.39. The number of ether oxygens (including phenoxy) is 1. The number of piperidine rings is 1. The highest BCUT2D eigenvalue weighted by atomic mass is 16.5. The zero-order valence-corrected chi connectivity index (χ0v) is 14.3. The van der Waals surface area contributed by atoms with Gasteiger partial charge >= 0.3 is 0 Å². The van der Waals surface area contributed by atoms with Crippen LogP contribution >= 0.6 is 0 Å². The summed E-state index contributed by atoms with van der Waals surface area (Å²) >= 11 is 0. The molecular formula is C20H35NO. The Hall–Kier alpha value is -0.0800. The minimum absolute atomic E-state index is 0.563. The molecule has 22 heavy (non-hydrogen) atoms. The molecule has 1 N–H and O–H groups in total. The highest BCUT2D eigenvalue weighted by Gasteiger charge is 2.38. The van der Waals surface area contributed by atoms with E-state index in [4.69, 9.17) is 4.74 Å². The van der Waals surface area contributed by atoms with Crippen molar-refractivity contribution in [1.82, 2.24) is 5.32 Å². The molecule has 3 atom stereocenters. The molecule has 2 heteroatoms. The van der Waals surface area contributed by atoms with Gasteiger partial charge in [0.25, 0.3) is 0 Å². The second kappa shape index (κ2) is 7.21. The summed E-state index contributed by atoms with van der Waals surface area (Å²) in [4.78, 5) is 0. The molecule has 2 aliphatic carbocycles. The summed E-state index contributed by atoms with van der Waals surface area (Å²) < 4.78 is 6.91. The van der Waals surface area contributed by atoms with Crippen molar-refractivity contribution in [2.24, 2.45) is 11.8 Å². The van der Waals surface area contributed by atoms with Gasteiger partial charge in [0.15, 0.2) is 0 Å². The Balaban J connectivity index is 1.41. The number of rotatable bonds is 4. The number of hydrogen-bond acceptors (Lipinski definition) is 2. The topological polar surface area (TPSA) is 21.3 Å². The molecule has 0 aromatic heterocycles. The average molecular weight is 306 g/mol. The van der Waals surface area contributed by atoms with Crippen molar-refractivity contribution < 1.29 is 4.74 Å². The van der Waals surface area contributed by atoms with Crippen molar-refractivity contribution in [3.05, 3.63) is 0 Å². The molecule has 2 heterocycles. The van der Waals surface area contributed by atoms with Crippen LogP contribution < -0.4 is 5.32 Å². The lowest BCUT2D eigenvalue weighted by atomic mass is 9.75. The van der Waals surface area contributed by atoms with Gasteiger partial charge in [0.2, 0.25) is 0 Å². The van der Waals surface area contributed by atoms with E-state index >= 15 is 0 Å². The van der Waals surface area contributed by atoms with Crippen LogP contribution in [-0.2, 0) is 4.74 Å². The van der Waals surface area contributed by atoms with Crippen LogP contribution in [0.15, 0.2) is 0 Å². The van der Waals surface area contributed by atoms with Crippen LogP contribution in [0.25, 0.3) is 0 Å². The molecule has 0 amide bonds. The van der Waals surface area contributed by atoms with Crippen LogP contribution in [0.1, 0.15) is 89.9 Å². The van der Waals surface area contributed by atoms with Gasteiger partial charge < -0.3 is 10.1 Å². The lowest BCUT2D eigenvalue weighted by molar-refractivity contribution is -0.101. The van der Waals surface area contributed by atoms with Gasteiger partial charge in [0.1, 0.15) is 0 Å². The van der Waals surface area contributed by atoms with Crippen molar-refractivity contribution in [2.45, 2.75) is 114 Å². The molecular weight excluding hydrogens is 270 g/mol. The third-order valence-electron chi connectivity index (χ3n) is 7.01. The molecule has 126 valence electrons. The molecule has 2 bridgehead atoms. The normalized spacial score (nSPS) is 37.8. The summed E-state index contributed by atoms with van der Waals surface area (Å²) in [5.41, 5.74) is 0. The summed E-state index contributed by atoms with van der Waals surface area (Å²) in [5.74, 6) is 1.76. The maximum absolute atomic E-state index is 6.91. The Morgan fingerprint density at radius 1 is 0.636 bits per heavy atom. The monoisotopic (exact) mass is 305 g/mol. The van der Waals surface area contributed by atoms with Crippen molar-refractivity contribution >= 4 is 0 Å². The third-order valence-corrected chi connectivity index (χ3v) is 7.01. The van der Waals surface area contributed by atoms with Crippen LogP contribution in [0.5, 0.6) is 0 Å². The predicted octanol–water partition coefficient (Wildman–Crippen LogP) is 4.82. The van der Waals surface area contributed by atoms with Gasteiger partial charge in [-0.1, -0.05) is 38.5 Å². The smallest absolute Gasteiger partial charge is 0.0635 e. The Kier molecular flexibility index (Phi) is 5.07. The number of hydrogen-bond donors (Lipinski definition) is 1. The fourth-order valence-corrected chi connectivity index (χ4v) is 5.87. The Labute approximate surface area is 136 Å². The van der Waals surface area contributed by atoms with E-state index in [0.29, 0.717) is 12.2 Å². The van der Waals surface area contributed by atoms with Gasteiger partial charge in [-0.3, -0.25) is 0 Å². The molecule has 2 aliphatic heterocycles. The van der Waals surface area contributed by atoms with Crippen molar-refractivity contribution in [2.75, 3.05) is 0 Å². The molecule has 0 spiro atoms. The second-order valence-electron chi connectivity index (χ2n) is 8.63. The first-order valence-electron chi connectivity index (χ1n) is 10.3. The van der Waals surface area contributed by atoms with Gasteiger partial charge in [-0.25, -0.2) is 0 Å². The zero-order chi connectivity index (χ0) is 14.8. The van der Waals surface area contributed by atoms with Crippen LogP contribution in [-0.4, -0.2) is 24.3 Å². The van der Waals surface area contributed by atoms with Crippen LogP contribution in [0.2, 0.25) is 0 Å². The molecule has 4 aliphatic rings. The van der Waals surface area contributed by atoms with Crippen LogP contribution in [0, 0.1) is 11.8 Å². The van der Waals surface area contributed by atoms with E-state index in [9.17, 15) is 0 Å². The van der Waals surface area contributed by atoms with Gasteiger partial charge in [-0.2, -0.15) is 0 Å². The first-order chi connectivity index (χ1) is 10.9. The molecule has 0 radical (unpaired) electrons. The van der Waals surface area contributed by atoms with E-state index in [0.717, 1.165) is 23.9 Å². The first kappa shape index (κ1) is 15.4. The predicted molar refractivity (Wildman–Crippen MR) is 91.0 cm³/mol. The van der Waals surface area contributed by atoms with Gasteiger partial charge in [0, 0.05) is 12.1 Å². The molecule has 2 nitrogen and oxygen atoms in total. The lowest BCUT2D eigenvalue weighted by Crippen LogP contribution is -2.45. The fourth-order valence-electron chi connectivity index (χ4n) is 5.87. The molecule has 2 saturated heterocycles. The molecule has 0 aromatic carbocycles. The summed E-state index contributed by atoms with van der Waals surface area (Å²) in [6.45, 7) is 0. The van der Waals surface area contributed by atoms with E-state index in [1.165, 1.54) is 89.9 Å². The minimum atomic E-state index is 0.563. The fraction of sp³-hybridized carbons (Fsp3) is 1.00. The van der Waals surface area contributed by atoms with Crippen LogP contribution in [0.3, 0.4) is 0 Å². The second-order valence-corrected chi connectivity index (χ2v) is 8.63. The maximum atomic E-state index is 6.91. The number of fused-ring (bicyclic) bond motifs is 2. The summed E-state index contributed by atoms with van der Waals surface area (Å²) in [6, 6.07) is 1.53. The van der Waals surface area contributed by atoms with E-state index in [2.05, 4.69) is 5.32 Å². The molecule has 4 fully saturated rings. The zero-order valence-electron chi connectivity index (χ0n) is 14.3. The molecule has 2 saturated carbocycles. The van der Waals surface area contributed by atoms with E-state index in [1.807, 2.05) is 0 Å². The average Bonchev–Trinajstić information content (AvgIpc) is 2.93.